The molecule has 6 nitrogen and oxygen atoms in total. The topological polar surface area (TPSA) is 72.0 Å². The van der Waals surface area contributed by atoms with Crippen molar-refractivity contribution < 1.29 is 14.5 Å². The predicted octanol–water partition coefficient (Wildman–Crippen LogP) is 3.97. The molecular formula is C25H24Cl2N4O2. The molecule has 0 saturated heterocycles. The normalized spacial score (nSPS) is 14.8. The van der Waals surface area contributed by atoms with Gasteiger partial charge in [-0.15, -0.1) is 12.4 Å². The van der Waals surface area contributed by atoms with Crippen molar-refractivity contribution in [3.63, 3.8) is 0 Å². The number of aromatic nitrogens is 1. The molecule has 0 saturated carbocycles. The molecule has 0 bridgehead atoms. The average Bonchev–Trinajstić information content (AvgIpc) is 2.96. The van der Waals surface area contributed by atoms with E-state index in [0.717, 1.165) is 5.56 Å². The fraction of sp³-hybridized carbons (Fsp3) is 0.200. The molecule has 2 aromatic carbocycles. The van der Waals surface area contributed by atoms with Gasteiger partial charge in [0.05, 0.1) is 17.3 Å². The number of halogens is 2. The number of pyridine rings is 1. The predicted molar refractivity (Wildman–Crippen MR) is 131 cm³/mol. The fourth-order valence-corrected chi connectivity index (χ4v) is 3.88. The Morgan fingerprint density at radius 2 is 1.82 bits per heavy atom. The zero-order chi connectivity index (χ0) is 22.7. The van der Waals surface area contributed by atoms with Gasteiger partial charge in [-0.05, 0) is 38.1 Å². The SMILES string of the molecule is CCN(CC)C(=O)c1ccc[n+](C2N=C(c3ccccc3)c3cc(Cl)ccc3N=C2[O-])c1.Cl. The summed E-state index contributed by atoms with van der Waals surface area (Å²) >= 11 is 6.26. The van der Waals surface area contributed by atoms with Crippen molar-refractivity contribution in [3.05, 3.63) is 94.8 Å². The number of benzene rings is 2. The summed E-state index contributed by atoms with van der Waals surface area (Å²) in [6, 6.07) is 18.3. The van der Waals surface area contributed by atoms with Crippen LogP contribution in [0.25, 0.3) is 0 Å². The van der Waals surface area contributed by atoms with Gasteiger partial charge in [0.1, 0.15) is 5.56 Å². The molecule has 1 aliphatic heterocycles. The van der Waals surface area contributed by atoms with Crippen LogP contribution in [0.3, 0.4) is 0 Å². The molecule has 1 amide bonds. The maximum Gasteiger partial charge on any atom is 0.280 e. The highest BCUT2D eigenvalue weighted by molar-refractivity contribution is 6.31. The van der Waals surface area contributed by atoms with Crippen molar-refractivity contribution in [2.24, 2.45) is 9.98 Å². The first-order valence-electron chi connectivity index (χ1n) is 10.5. The van der Waals surface area contributed by atoms with Gasteiger partial charge < -0.3 is 10.0 Å². The molecule has 1 aromatic heterocycles. The lowest BCUT2D eigenvalue weighted by molar-refractivity contribution is -0.710. The van der Waals surface area contributed by atoms with E-state index in [1.165, 1.54) is 0 Å². The Kier molecular flexibility index (Phi) is 7.84. The molecule has 1 atom stereocenters. The van der Waals surface area contributed by atoms with Crippen molar-refractivity contribution >= 4 is 47.2 Å². The van der Waals surface area contributed by atoms with E-state index >= 15 is 0 Å². The van der Waals surface area contributed by atoms with Crippen LogP contribution in [-0.2, 0) is 0 Å². The van der Waals surface area contributed by atoms with Crippen LogP contribution in [0.2, 0.25) is 5.02 Å². The molecule has 0 fully saturated rings. The van der Waals surface area contributed by atoms with Gasteiger partial charge in [0.25, 0.3) is 12.1 Å². The van der Waals surface area contributed by atoms with Gasteiger partial charge in [0.2, 0.25) is 0 Å². The molecule has 8 heteroatoms. The lowest BCUT2D eigenvalue weighted by Gasteiger charge is -2.19. The minimum Gasteiger partial charge on any atom is -0.856 e. The summed E-state index contributed by atoms with van der Waals surface area (Å²) < 4.78 is 1.64. The summed E-state index contributed by atoms with van der Waals surface area (Å²) in [4.78, 5) is 23.7. The standard InChI is InChI=1S/C25H23ClN4O2.ClH/c1-3-29(4-2)25(32)18-11-8-14-30(16-18)23-24(31)27-21-13-12-19(26)15-20(21)22(28-23)17-9-6-5-7-10-17;/h5-16,23H,3-4H2,1-2H3;1H. The van der Waals surface area contributed by atoms with E-state index in [0.29, 0.717) is 40.6 Å². The van der Waals surface area contributed by atoms with Crippen molar-refractivity contribution in [1.29, 1.82) is 0 Å². The number of aliphatic imine (C=N–C) groups is 2. The van der Waals surface area contributed by atoms with Gasteiger partial charge in [-0.1, -0.05) is 41.9 Å². The van der Waals surface area contributed by atoms with E-state index in [1.807, 2.05) is 44.2 Å². The third-order valence-corrected chi connectivity index (χ3v) is 5.60. The molecule has 3 aromatic rings. The molecular weight excluding hydrogens is 459 g/mol. The molecule has 2 heterocycles. The van der Waals surface area contributed by atoms with Crippen molar-refractivity contribution in [3.8, 4) is 0 Å². The number of carbonyl (C=O) groups excluding carboxylic acids is 1. The van der Waals surface area contributed by atoms with Crippen LogP contribution in [0.1, 0.15) is 41.5 Å². The van der Waals surface area contributed by atoms with Crippen molar-refractivity contribution in [2.75, 3.05) is 13.1 Å². The largest absolute Gasteiger partial charge is 0.856 e. The quantitative estimate of drug-likeness (QED) is 0.516. The van der Waals surface area contributed by atoms with E-state index in [-0.39, 0.29) is 18.3 Å². The molecule has 170 valence electrons. The summed E-state index contributed by atoms with van der Waals surface area (Å²) in [7, 11) is 0. The first-order valence-corrected chi connectivity index (χ1v) is 10.9. The van der Waals surface area contributed by atoms with Gasteiger partial charge in [-0.3, -0.25) is 9.79 Å². The molecule has 1 unspecified atom stereocenters. The lowest BCUT2D eigenvalue weighted by atomic mass is 10.0. The molecule has 33 heavy (non-hydrogen) atoms. The second-order valence-electron chi connectivity index (χ2n) is 7.35. The van der Waals surface area contributed by atoms with E-state index in [2.05, 4.69) is 4.99 Å². The zero-order valence-electron chi connectivity index (χ0n) is 18.3. The fourth-order valence-electron chi connectivity index (χ4n) is 3.70. The maximum atomic E-state index is 13.1. The van der Waals surface area contributed by atoms with E-state index in [9.17, 15) is 9.90 Å². The third-order valence-electron chi connectivity index (χ3n) is 5.37. The van der Waals surface area contributed by atoms with Gasteiger partial charge in [-0.2, -0.15) is 4.57 Å². The van der Waals surface area contributed by atoms with Crippen LogP contribution in [0, 0.1) is 0 Å². The summed E-state index contributed by atoms with van der Waals surface area (Å²) in [6.45, 7) is 5.08. The Morgan fingerprint density at radius 1 is 1.09 bits per heavy atom. The van der Waals surface area contributed by atoms with Gasteiger partial charge in [0.15, 0.2) is 12.4 Å². The summed E-state index contributed by atoms with van der Waals surface area (Å²) in [5, 5.41) is 13.7. The van der Waals surface area contributed by atoms with Crippen LogP contribution >= 0.6 is 24.0 Å². The Hall–Kier alpha value is -3.22. The number of fused-ring (bicyclic) bond motifs is 1. The first-order chi connectivity index (χ1) is 15.5. The number of nitrogens with zero attached hydrogens (tertiary/aromatic N) is 4. The van der Waals surface area contributed by atoms with Crippen molar-refractivity contribution in [1.82, 2.24) is 4.90 Å². The van der Waals surface area contributed by atoms with E-state index in [1.54, 1.807) is 52.2 Å². The Bertz CT molecular complexity index is 1210. The molecule has 4 rings (SSSR count). The number of amides is 1. The smallest absolute Gasteiger partial charge is 0.280 e. The monoisotopic (exact) mass is 482 g/mol. The number of carbonyl (C=O) groups is 1. The summed E-state index contributed by atoms with van der Waals surface area (Å²) in [5.41, 5.74) is 3.17. The molecule has 0 radical (unpaired) electrons. The highest BCUT2D eigenvalue weighted by Crippen LogP contribution is 2.30. The number of rotatable bonds is 5. The highest BCUT2D eigenvalue weighted by Gasteiger charge is 2.26. The van der Waals surface area contributed by atoms with Crippen LogP contribution in [0.5, 0.6) is 0 Å². The molecule has 0 aliphatic carbocycles. The summed E-state index contributed by atoms with van der Waals surface area (Å²) in [6.07, 6.45) is 2.45. The molecule has 0 N–H and O–H groups in total. The second-order valence-corrected chi connectivity index (χ2v) is 7.78. The Labute approximate surface area is 204 Å². The Morgan fingerprint density at radius 3 is 2.52 bits per heavy atom. The second kappa shape index (κ2) is 10.6. The number of hydrogen-bond acceptors (Lipinski definition) is 4. The van der Waals surface area contributed by atoms with E-state index < -0.39 is 12.1 Å². The van der Waals surface area contributed by atoms with Crippen molar-refractivity contribution in [2.45, 2.75) is 20.0 Å². The molecule has 1 aliphatic rings. The van der Waals surface area contributed by atoms with Gasteiger partial charge in [0, 0.05) is 35.3 Å². The van der Waals surface area contributed by atoms with E-state index in [4.69, 9.17) is 16.6 Å². The lowest BCUT2D eigenvalue weighted by Crippen LogP contribution is -2.47. The summed E-state index contributed by atoms with van der Waals surface area (Å²) in [5.74, 6) is -0.512. The van der Waals surface area contributed by atoms with Crippen LogP contribution in [-0.4, -0.2) is 35.5 Å². The van der Waals surface area contributed by atoms with Gasteiger partial charge in [-0.25, -0.2) is 4.99 Å². The maximum absolute atomic E-state index is 13.1. The minimum absolute atomic E-state index is 0. The van der Waals surface area contributed by atoms with Crippen LogP contribution < -0.4 is 9.67 Å². The highest BCUT2D eigenvalue weighted by atomic mass is 35.5. The number of hydrogen-bond donors (Lipinski definition) is 0. The van der Waals surface area contributed by atoms with Crippen LogP contribution in [0.4, 0.5) is 5.69 Å². The first kappa shape index (κ1) is 24.4. The average molecular weight is 483 g/mol. The third kappa shape index (κ3) is 5.07. The molecule has 0 spiro atoms. The zero-order valence-corrected chi connectivity index (χ0v) is 19.9. The Balaban J connectivity index is 0.00000306. The van der Waals surface area contributed by atoms with Crippen LogP contribution in [0.15, 0.2) is 83.0 Å². The van der Waals surface area contributed by atoms with Gasteiger partial charge >= 0.3 is 0 Å². The minimum atomic E-state index is -0.944.